The van der Waals surface area contributed by atoms with Crippen LogP contribution in [-0.4, -0.2) is 38.5 Å². The van der Waals surface area contributed by atoms with Crippen molar-refractivity contribution in [1.82, 2.24) is 14.9 Å². The first-order chi connectivity index (χ1) is 16.9. The molecule has 1 fully saturated rings. The second-order valence-electron chi connectivity index (χ2n) is 8.50. The molecule has 6 nitrogen and oxygen atoms in total. The van der Waals surface area contributed by atoms with Crippen LogP contribution >= 0.6 is 22.9 Å². The number of nitrogens with one attached hydrogen (secondary N) is 1. The van der Waals surface area contributed by atoms with Crippen LogP contribution in [0.2, 0.25) is 5.02 Å². The van der Waals surface area contributed by atoms with E-state index in [1.165, 1.54) is 46.6 Å². The fraction of sp³-hybridized carbons (Fsp3) is 0.375. The first-order valence-electron chi connectivity index (χ1n) is 11.7. The summed E-state index contributed by atoms with van der Waals surface area (Å²) in [6, 6.07) is 6.24. The first-order valence-corrected chi connectivity index (χ1v) is 11.9. The van der Waals surface area contributed by atoms with Crippen molar-refractivity contribution in [2.75, 3.05) is 11.9 Å². The van der Waals surface area contributed by atoms with Gasteiger partial charge in [0.1, 0.15) is 17.5 Å². The number of carboxylic acid groups (broad SMARTS) is 1. The molecule has 2 N–H and O–H groups in total. The number of nitrogens with zero attached hydrogens (tertiary/aromatic N) is 3. The quantitative estimate of drug-likeness (QED) is 0.418. The van der Waals surface area contributed by atoms with Gasteiger partial charge in [-0.05, 0) is 51.4 Å². The van der Waals surface area contributed by atoms with Crippen LogP contribution in [0, 0.1) is 24.0 Å². The minimum absolute atomic E-state index is 0.000207. The van der Waals surface area contributed by atoms with Gasteiger partial charge in [0.15, 0.2) is 5.13 Å². The first kappa shape index (κ1) is 21.9. The average molecular weight is 509 g/mol. The maximum Gasteiger partial charge on any atom is 0.310 e. The molecule has 2 unspecified atom stereocenters. The van der Waals surface area contributed by atoms with Crippen LogP contribution in [0.25, 0.3) is 0 Å². The molecule has 0 aliphatic carbocycles. The van der Waals surface area contributed by atoms with Gasteiger partial charge in [-0.2, -0.15) is 0 Å². The maximum atomic E-state index is 14.7. The van der Waals surface area contributed by atoms with Gasteiger partial charge in [0.05, 0.1) is 16.1 Å². The Morgan fingerprint density at radius 1 is 1.41 bits per heavy atom. The van der Waals surface area contributed by atoms with Crippen LogP contribution < -0.4 is 5.32 Å². The van der Waals surface area contributed by atoms with Crippen molar-refractivity contribution < 1.29 is 21.4 Å². The van der Waals surface area contributed by atoms with Gasteiger partial charge in [0, 0.05) is 38.3 Å². The van der Waals surface area contributed by atoms with Crippen LogP contribution in [0.3, 0.4) is 0 Å². The minimum atomic E-state index is -2.22. The number of carboxylic acids is 1. The number of aryl methyl sites for hydroxylation is 1. The number of pyridine rings is 1. The van der Waals surface area contributed by atoms with Gasteiger partial charge in [-0.1, -0.05) is 23.7 Å². The molecular formula is C24H25ClF2N4O2S. The largest absolute Gasteiger partial charge is 0.481 e. The normalized spacial score (nSPS) is 22.2. The molecule has 1 aliphatic heterocycles. The van der Waals surface area contributed by atoms with Gasteiger partial charge in [-0.25, -0.2) is 18.7 Å². The predicted molar refractivity (Wildman–Crippen MR) is 129 cm³/mol. The van der Waals surface area contributed by atoms with Crippen LogP contribution in [0.5, 0.6) is 0 Å². The van der Waals surface area contributed by atoms with Gasteiger partial charge in [0.25, 0.3) is 0 Å². The third-order valence-corrected chi connectivity index (χ3v) is 7.12. The fourth-order valence-corrected chi connectivity index (χ4v) is 5.04. The third kappa shape index (κ3) is 5.21. The lowest BCUT2D eigenvalue weighted by Gasteiger charge is -2.43. The van der Waals surface area contributed by atoms with E-state index in [1.807, 2.05) is 6.92 Å². The Morgan fingerprint density at radius 3 is 2.88 bits per heavy atom. The summed E-state index contributed by atoms with van der Waals surface area (Å²) in [7, 11) is 0. The highest BCUT2D eigenvalue weighted by atomic mass is 35.5. The molecular weight excluding hydrogens is 482 g/mol. The number of aromatic nitrogens is 2. The Hall–Kier alpha value is -2.62. The van der Waals surface area contributed by atoms with Crippen molar-refractivity contribution in [3.8, 4) is 0 Å². The highest BCUT2D eigenvalue weighted by Crippen LogP contribution is 2.39. The lowest BCUT2D eigenvalue weighted by Crippen LogP contribution is -2.50. The second kappa shape index (κ2) is 9.93. The number of aliphatic carboxylic acids is 1. The summed E-state index contributed by atoms with van der Waals surface area (Å²) in [6.45, 7) is 1.38. The lowest BCUT2D eigenvalue weighted by atomic mass is 9.72. The van der Waals surface area contributed by atoms with Gasteiger partial charge in [0.2, 0.25) is 0 Å². The van der Waals surface area contributed by atoms with Crippen molar-refractivity contribution in [2.45, 2.75) is 45.6 Å². The Labute approximate surface area is 208 Å². The Balaban J connectivity index is 1.58. The SMILES string of the molecule is [2H]C([2H])(c1cccc(Cl)c1F)N1CCC(Cc2nc(Nc3ncc(C)s3)ccc2F)(C(=O)O)CC1C. The number of likely N-dealkylation sites (tertiary alicyclic amines) is 1. The Kier molecular flexibility index (Phi) is 6.39. The number of anilines is 2. The zero-order valence-corrected chi connectivity index (χ0v) is 20.2. The van der Waals surface area contributed by atoms with E-state index in [2.05, 4.69) is 15.3 Å². The monoisotopic (exact) mass is 508 g/mol. The molecule has 0 saturated carbocycles. The van der Waals surface area contributed by atoms with E-state index < -0.39 is 35.6 Å². The molecule has 2 atom stereocenters. The van der Waals surface area contributed by atoms with E-state index >= 15 is 0 Å². The number of piperidine rings is 1. The lowest BCUT2D eigenvalue weighted by molar-refractivity contribution is -0.153. The summed E-state index contributed by atoms with van der Waals surface area (Å²) in [5.41, 5.74) is -1.59. The van der Waals surface area contributed by atoms with Gasteiger partial charge in [-0.15, -0.1) is 11.3 Å². The molecule has 0 spiro atoms. The van der Waals surface area contributed by atoms with Crippen molar-refractivity contribution in [2.24, 2.45) is 5.41 Å². The molecule has 3 heterocycles. The van der Waals surface area contributed by atoms with Gasteiger partial charge >= 0.3 is 5.97 Å². The second-order valence-corrected chi connectivity index (χ2v) is 10.1. The van der Waals surface area contributed by atoms with Crippen molar-refractivity contribution in [3.63, 3.8) is 0 Å². The summed E-state index contributed by atoms with van der Waals surface area (Å²) >= 11 is 7.27. The van der Waals surface area contributed by atoms with E-state index in [-0.39, 0.29) is 42.1 Å². The Morgan fingerprint density at radius 2 is 2.21 bits per heavy atom. The summed E-state index contributed by atoms with van der Waals surface area (Å²) < 4.78 is 46.6. The molecule has 0 radical (unpaired) electrons. The van der Waals surface area contributed by atoms with Gasteiger partial charge in [-0.3, -0.25) is 9.69 Å². The summed E-state index contributed by atoms with van der Waals surface area (Å²) in [5.74, 6) is -2.24. The zero-order valence-electron chi connectivity index (χ0n) is 20.6. The number of halogens is 3. The smallest absolute Gasteiger partial charge is 0.310 e. The molecule has 3 aromatic rings. The predicted octanol–water partition coefficient (Wildman–Crippen LogP) is 5.82. The van der Waals surface area contributed by atoms with E-state index in [4.69, 9.17) is 14.3 Å². The molecule has 1 saturated heterocycles. The molecule has 0 amide bonds. The molecule has 10 heteroatoms. The number of carbonyl (C=O) groups is 1. The number of thiazole rings is 1. The van der Waals surface area contributed by atoms with Crippen LogP contribution in [0.4, 0.5) is 19.7 Å². The van der Waals surface area contributed by atoms with Gasteiger partial charge < -0.3 is 10.4 Å². The maximum absolute atomic E-state index is 14.7. The molecule has 1 aliphatic rings. The molecule has 4 rings (SSSR count). The molecule has 0 bridgehead atoms. The minimum Gasteiger partial charge on any atom is -0.481 e. The van der Waals surface area contributed by atoms with Crippen LogP contribution in [-0.2, 0) is 17.7 Å². The Bertz CT molecular complexity index is 1290. The average Bonchev–Trinajstić information content (AvgIpc) is 3.22. The molecule has 1 aromatic carbocycles. The summed E-state index contributed by atoms with van der Waals surface area (Å²) in [4.78, 5) is 23.4. The summed E-state index contributed by atoms with van der Waals surface area (Å²) in [6.07, 6.45) is 1.57. The summed E-state index contributed by atoms with van der Waals surface area (Å²) in [5, 5.41) is 13.6. The topological polar surface area (TPSA) is 78.4 Å². The van der Waals surface area contributed by atoms with Crippen molar-refractivity contribution in [3.05, 3.63) is 69.3 Å². The van der Waals surface area contributed by atoms with E-state index in [1.54, 1.807) is 13.1 Å². The number of rotatable bonds is 7. The molecule has 180 valence electrons. The highest BCUT2D eigenvalue weighted by Gasteiger charge is 2.45. The van der Waals surface area contributed by atoms with E-state index in [0.29, 0.717) is 10.9 Å². The number of hydrogen-bond acceptors (Lipinski definition) is 6. The zero-order chi connectivity index (χ0) is 26.3. The highest BCUT2D eigenvalue weighted by molar-refractivity contribution is 7.15. The molecule has 34 heavy (non-hydrogen) atoms. The van der Waals surface area contributed by atoms with Crippen molar-refractivity contribution >= 4 is 39.9 Å². The van der Waals surface area contributed by atoms with Crippen LogP contribution in [0.1, 0.15) is 38.6 Å². The number of hydrogen-bond donors (Lipinski definition) is 2. The fourth-order valence-electron chi connectivity index (χ4n) is 4.19. The van der Waals surface area contributed by atoms with Crippen LogP contribution in [0.15, 0.2) is 36.5 Å². The molecule has 2 aromatic heterocycles. The van der Waals surface area contributed by atoms with E-state index in [0.717, 1.165) is 4.88 Å². The van der Waals surface area contributed by atoms with Crippen molar-refractivity contribution in [1.29, 1.82) is 0 Å². The third-order valence-electron chi connectivity index (χ3n) is 6.00. The standard InChI is InChI=1S/C24H25ClF2N4O2S/c1-14-10-24(22(32)33,8-9-31(14)13-16-4-3-5-17(25)21(16)27)11-19-18(26)6-7-20(29-19)30-23-28-12-15(2)34-23/h3-7,12,14H,8-11,13H2,1-2H3,(H,32,33)(H,28,29,30)/i13D2. The number of benzene rings is 1. The van der Waals surface area contributed by atoms with E-state index in [9.17, 15) is 18.7 Å².